The van der Waals surface area contributed by atoms with Crippen molar-refractivity contribution in [2.24, 2.45) is 0 Å². The number of rotatable bonds is 1. The molecule has 1 saturated heterocycles. The Morgan fingerprint density at radius 2 is 2.17 bits per heavy atom. The number of aromatic hydroxyl groups is 1. The third-order valence-electron chi connectivity index (χ3n) is 4.04. The lowest BCUT2D eigenvalue weighted by molar-refractivity contribution is 0.00886. The van der Waals surface area contributed by atoms with E-state index in [2.05, 4.69) is 5.16 Å². The van der Waals surface area contributed by atoms with E-state index < -0.39 is 23.3 Å². The van der Waals surface area contributed by atoms with Gasteiger partial charge in [0.2, 0.25) is 5.58 Å². The molecule has 7 heteroatoms. The number of carbonyl (C=O) groups is 1. The molecule has 1 aromatic heterocycles. The van der Waals surface area contributed by atoms with Crippen LogP contribution in [-0.4, -0.2) is 33.4 Å². The Morgan fingerprint density at radius 1 is 1.42 bits per heavy atom. The molecular weight excluding hydrogens is 315 g/mol. The van der Waals surface area contributed by atoms with Gasteiger partial charge in [-0.25, -0.2) is 9.18 Å². The summed E-state index contributed by atoms with van der Waals surface area (Å²) in [7, 11) is 0. The molecule has 1 N–H and O–H groups in total. The monoisotopic (exact) mass is 336 g/mol. The van der Waals surface area contributed by atoms with Gasteiger partial charge in [-0.05, 0) is 52.2 Å². The molecule has 0 spiro atoms. The van der Waals surface area contributed by atoms with Crippen LogP contribution in [0.4, 0.5) is 9.18 Å². The van der Waals surface area contributed by atoms with E-state index in [1.165, 1.54) is 12.1 Å². The summed E-state index contributed by atoms with van der Waals surface area (Å²) in [5.74, 6) is -1.33. The number of benzene rings is 1. The highest BCUT2D eigenvalue weighted by molar-refractivity contribution is 5.85. The number of ether oxygens (including phenoxy) is 1. The number of hydrogen-bond acceptors (Lipinski definition) is 5. The van der Waals surface area contributed by atoms with E-state index in [9.17, 15) is 14.3 Å². The molecule has 6 nitrogen and oxygen atoms in total. The SMILES string of the molecule is CC(C)(C)OC(=O)N1CCCCC1c1noc2c(O)c(F)ccc12. The van der Waals surface area contributed by atoms with Crippen molar-refractivity contribution < 1.29 is 23.6 Å². The molecule has 0 radical (unpaired) electrons. The molecule has 1 aliphatic heterocycles. The van der Waals surface area contributed by atoms with Crippen molar-refractivity contribution in [3.8, 4) is 5.75 Å². The first-order valence-electron chi connectivity index (χ1n) is 8.04. The molecule has 1 unspecified atom stereocenters. The lowest BCUT2D eigenvalue weighted by atomic mass is 9.97. The summed E-state index contributed by atoms with van der Waals surface area (Å²) < 4.78 is 24.1. The van der Waals surface area contributed by atoms with Crippen LogP contribution in [0.2, 0.25) is 0 Å². The van der Waals surface area contributed by atoms with Crippen LogP contribution in [0.3, 0.4) is 0 Å². The van der Waals surface area contributed by atoms with Crippen LogP contribution in [0, 0.1) is 5.82 Å². The zero-order chi connectivity index (χ0) is 17.5. The molecule has 1 amide bonds. The number of aromatic nitrogens is 1. The van der Waals surface area contributed by atoms with E-state index in [-0.39, 0.29) is 11.6 Å². The highest BCUT2D eigenvalue weighted by atomic mass is 19.1. The minimum absolute atomic E-state index is 0.000266. The average molecular weight is 336 g/mol. The first-order chi connectivity index (χ1) is 11.3. The number of likely N-dealkylation sites (tertiary alicyclic amines) is 1. The van der Waals surface area contributed by atoms with Crippen LogP contribution in [0.5, 0.6) is 5.75 Å². The second-order valence-electron chi connectivity index (χ2n) is 7.03. The van der Waals surface area contributed by atoms with Gasteiger partial charge >= 0.3 is 6.09 Å². The van der Waals surface area contributed by atoms with Crippen molar-refractivity contribution >= 4 is 17.1 Å². The maximum Gasteiger partial charge on any atom is 0.410 e. The van der Waals surface area contributed by atoms with E-state index in [1.807, 2.05) is 20.8 Å². The number of phenolic OH excluding ortho intramolecular Hbond substituents is 1. The highest BCUT2D eigenvalue weighted by Gasteiger charge is 2.34. The lowest BCUT2D eigenvalue weighted by Gasteiger charge is -2.35. The minimum atomic E-state index is -0.766. The number of piperidine rings is 1. The number of phenols is 1. The second kappa shape index (κ2) is 5.96. The van der Waals surface area contributed by atoms with Gasteiger partial charge < -0.3 is 14.4 Å². The van der Waals surface area contributed by atoms with Crippen LogP contribution in [0.25, 0.3) is 11.0 Å². The fraction of sp³-hybridized carbons (Fsp3) is 0.529. The molecule has 2 heterocycles. The largest absolute Gasteiger partial charge is 0.502 e. The van der Waals surface area contributed by atoms with E-state index in [1.54, 1.807) is 4.90 Å². The van der Waals surface area contributed by atoms with Gasteiger partial charge in [0.15, 0.2) is 11.6 Å². The third-order valence-corrected chi connectivity index (χ3v) is 4.04. The number of hydrogen-bond donors (Lipinski definition) is 1. The van der Waals surface area contributed by atoms with E-state index >= 15 is 0 Å². The van der Waals surface area contributed by atoms with Gasteiger partial charge in [0.1, 0.15) is 11.3 Å². The summed E-state index contributed by atoms with van der Waals surface area (Å²) in [6, 6.07) is 2.36. The topological polar surface area (TPSA) is 75.8 Å². The molecule has 24 heavy (non-hydrogen) atoms. The van der Waals surface area contributed by atoms with Gasteiger partial charge in [-0.15, -0.1) is 0 Å². The highest BCUT2D eigenvalue weighted by Crippen LogP contribution is 2.38. The van der Waals surface area contributed by atoms with Crippen LogP contribution >= 0.6 is 0 Å². The quantitative estimate of drug-likeness (QED) is 0.847. The van der Waals surface area contributed by atoms with E-state index in [0.29, 0.717) is 24.0 Å². The molecule has 1 fully saturated rings. The average Bonchev–Trinajstić information content (AvgIpc) is 2.94. The minimum Gasteiger partial charge on any atom is -0.502 e. The predicted octanol–water partition coefficient (Wildman–Crippen LogP) is 4.13. The Kier molecular flexibility index (Phi) is 4.11. The molecule has 0 saturated carbocycles. The van der Waals surface area contributed by atoms with Gasteiger partial charge in [-0.2, -0.15) is 0 Å². The van der Waals surface area contributed by atoms with Gasteiger partial charge in [0.05, 0.1) is 11.4 Å². The van der Waals surface area contributed by atoms with Crippen molar-refractivity contribution in [1.82, 2.24) is 10.1 Å². The van der Waals surface area contributed by atoms with Crippen molar-refractivity contribution in [2.45, 2.75) is 51.7 Å². The summed E-state index contributed by atoms with van der Waals surface area (Å²) in [4.78, 5) is 14.1. The van der Waals surface area contributed by atoms with Crippen LogP contribution in [0.1, 0.15) is 51.8 Å². The van der Waals surface area contributed by atoms with Crippen molar-refractivity contribution in [3.05, 3.63) is 23.6 Å². The first kappa shape index (κ1) is 16.5. The summed E-state index contributed by atoms with van der Waals surface area (Å²) in [5.41, 5.74) is -0.0719. The van der Waals surface area contributed by atoms with Crippen molar-refractivity contribution in [3.63, 3.8) is 0 Å². The van der Waals surface area contributed by atoms with E-state index in [0.717, 1.165) is 12.8 Å². The molecule has 130 valence electrons. The van der Waals surface area contributed by atoms with Crippen LogP contribution in [0.15, 0.2) is 16.7 Å². The number of fused-ring (bicyclic) bond motifs is 1. The molecule has 1 aliphatic rings. The Hall–Kier alpha value is -2.31. The molecule has 3 rings (SSSR count). The van der Waals surface area contributed by atoms with Gasteiger partial charge in [0, 0.05) is 6.54 Å². The lowest BCUT2D eigenvalue weighted by Crippen LogP contribution is -2.42. The Morgan fingerprint density at radius 3 is 2.88 bits per heavy atom. The standard InChI is InChI=1S/C17H21FN2O4/c1-17(2,3)23-16(22)20-9-5-4-6-12(20)13-10-7-8-11(18)14(21)15(10)24-19-13/h7-8,12,21H,4-6,9H2,1-3H3. The predicted molar refractivity (Wildman–Crippen MR) is 85.2 cm³/mol. The number of amides is 1. The number of carbonyl (C=O) groups excluding carboxylic acids is 1. The summed E-state index contributed by atoms with van der Waals surface area (Å²) in [6.45, 7) is 6.00. The molecule has 0 aliphatic carbocycles. The van der Waals surface area contributed by atoms with Gasteiger partial charge in [-0.1, -0.05) is 5.16 Å². The van der Waals surface area contributed by atoms with Crippen molar-refractivity contribution in [2.75, 3.05) is 6.54 Å². The van der Waals surface area contributed by atoms with Crippen LogP contribution < -0.4 is 0 Å². The smallest absolute Gasteiger partial charge is 0.410 e. The summed E-state index contributed by atoms with van der Waals surface area (Å²) in [5, 5.41) is 14.3. The van der Waals surface area contributed by atoms with Crippen LogP contribution in [-0.2, 0) is 4.74 Å². The normalized spacial score (nSPS) is 18.8. The fourth-order valence-corrected chi connectivity index (χ4v) is 2.98. The Bertz CT molecular complexity index is 766. The molecule has 0 bridgehead atoms. The first-order valence-corrected chi connectivity index (χ1v) is 8.04. The molecule has 1 aromatic carbocycles. The zero-order valence-electron chi connectivity index (χ0n) is 14.0. The fourth-order valence-electron chi connectivity index (χ4n) is 2.98. The Balaban J connectivity index is 1.97. The molecular formula is C17H21FN2O4. The van der Waals surface area contributed by atoms with Gasteiger partial charge in [0.25, 0.3) is 0 Å². The van der Waals surface area contributed by atoms with E-state index in [4.69, 9.17) is 9.26 Å². The maximum atomic E-state index is 13.5. The van der Waals surface area contributed by atoms with Crippen molar-refractivity contribution in [1.29, 1.82) is 0 Å². The number of nitrogens with zero attached hydrogens (tertiary/aromatic N) is 2. The zero-order valence-corrected chi connectivity index (χ0v) is 14.0. The number of halogens is 1. The van der Waals surface area contributed by atoms with Gasteiger partial charge in [-0.3, -0.25) is 4.90 Å². The maximum absolute atomic E-state index is 13.5. The summed E-state index contributed by atoms with van der Waals surface area (Å²) in [6.07, 6.45) is 2.12. The second-order valence-corrected chi connectivity index (χ2v) is 7.03. The molecule has 2 aromatic rings. The Labute approximate surface area is 139 Å². The third kappa shape index (κ3) is 3.02. The summed E-state index contributed by atoms with van der Waals surface area (Å²) >= 11 is 0. The molecule has 1 atom stereocenters.